The summed E-state index contributed by atoms with van der Waals surface area (Å²) in [4.78, 5) is 2.52. The van der Waals surface area contributed by atoms with Crippen LogP contribution in [0, 0.1) is 0 Å². The lowest BCUT2D eigenvalue weighted by Gasteiger charge is -2.53. The van der Waals surface area contributed by atoms with Crippen molar-refractivity contribution in [2.75, 3.05) is 11.4 Å². The van der Waals surface area contributed by atoms with Crippen molar-refractivity contribution in [3.05, 3.63) is 92.6 Å². The minimum absolute atomic E-state index is 0.0888. The van der Waals surface area contributed by atoms with Gasteiger partial charge in [0, 0.05) is 23.5 Å². The van der Waals surface area contributed by atoms with Crippen LogP contribution in [0.2, 0.25) is 0 Å². The van der Waals surface area contributed by atoms with Gasteiger partial charge in [0.25, 0.3) is 0 Å². The maximum atomic E-state index is 4.06. The van der Waals surface area contributed by atoms with Gasteiger partial charge in [-0.15, -0.1) is 26.3 Å². The highest BCUT2D eigenvalue weighted by Crippen LogP contribution is 2.52. The summed E-state index contributed by atoms with van der Waals surface area (Å²) in [5, 5.41) is 2.66. The van der Waals surface area contributed by atoms with Crippen LogP contribution in [0.5, 0.6) is 0 Å². The lowest BCUT2D eigenvalue weighted by Crippen LogP contribution is -2.55. The number of anilines is 1. The van der Waals surface area contributed by atoms with Crippen LogP contribution in [0.4, 0.5) is 5.69 Å². The van der Waals surface area contributed by atoms with E-state index in [0.717, 1.165) is 25.8 Å². The molecule has 0 saturated heterocycles. The Hall–Kier alpha value is -2.54. The predicted molar refractivity (Wildman–Crippen MR) is 111 cm³/mol. The number of rotatable bonds is 8. The summed E-state index contributed by atoms with van der Waals surface area (Å²) in [6.45, 7) is 17.0. The van der Waals surface area contributed by atoms with Crippen molar-refractivity contribution in [2.24, 2.45) is 0 Å². The second kappa shape index (κ2) is 7.14. The molecule has 1 heteroatoms. The van der Waals surface area contributed by atoms with Crippen LogP contribution in [0.3, 0.4) is 0 Å². The van der Waals surface area contributed by atoms with Crippen LogP contribution < -0.4 is 4.90 Å². The van der Waals surface area contributed by atoms with Crippen LogP contribution in [0.1, 0.15) is 30.7 Å². The Labute approximate surface area is 151 Å². The molecular formula is C24H27N. The molecule has 1 aliphatic heterocycles. The molecule has 128 valence electrons. The van der Waals surface area contributed by atoms with Gasteiger partial charge in [-0.05, 0) is 36.3 Å². The second-order valence-electron chi connectivity index (χ2n) is 6.79. The molecule has 0 aliphatic carbocycles. The first-order valence-electron chi connectivity index (χ1n) is 8.96. The van der Waals surface area contributed by atoms with Crippen LogP contribution in [-0.4, -0.2) is 12.1 Å². The van der Waals surface area contributed by atoms with Crippen molar-refractivity contribution >= 4 is 16.5 Å². The minimum atomic E-state index is -0.0888. The Morgan fingerprint density at radius 3 is 2.16 bits per heavy atom. The topological polar surface area (TPSA) is 3.24 Å². The van der Waals surface area contributed by atoms with Gasteiger partial charge in [-0.1, -0.05) is 54.6 Å². The van der Waals surface area contributed by atoms with Gasteiger partial charge in [0.05, 0.1) is 5.54 Å². The third-order valence-corrected chi connectivity index (χ3v) is 5.48. The standard InChI is InChI=1S/C24H27N/c1-5-11-21-20-14-9-12-19-13-10-15-22(23(19)20)25(18-8-4)24(21,16-6-2)17-7-3/h5-10,12-15,21H,1-4,11,16-18H2. The average molecular weight is 329 g/mol. The highest BCUT2D eigenvalue weighted by molar-refractivity contribution is 5.99. The lowest BCUT2D eigenvalue weighted by atomic mass is 9.68. The summed E-state index contributed by atoms with van der Waals surface area (Å²) < 4.78 is 0. The normalized spacial score (nSPS) is 17.9. The zero-order chi connectivity index (χ0) is 17.9. The van der Waals surface area contributed by atoms with Crippen molar-refractivity contribution in [3.63, 3.8) is 0 Å². The maximum absolute atomic E-state index is 4.06. The maximum Gasteiger partial charge on any atom is 0.0545 e. The molecule has 3 rings (SSSR count). The van der Waals surface area contributed by atoms with Gasteiger partial charge in [0.15, 0.2) is 0 Å². The molecule has 2 aromatic carbocycles. The van der Waals surface area contributed by atoms with E-state index >= 15 is 0 Å². The highest BCUT2D eigenvalue weighted by atomic mass is 15.2. The average Bonchev–Trinajstić information content (AvgIpc) is 2.62. The first-order chi connectivity index (χ1) is 12.2. The van der Waals surface area contributed by atoms with Crippen LogP contribution in [0.15, 0.2) is 87.0 Å². The van der Waals surface area contributed by atoms with Crippen molar-refractivity contribution in [3.8, 4) is 0 Å². The van der Waals surface area contributed by atoms with Crippen LogP contribution in [0.25, 0.3) is 10.8 Å². The van der Waals surface area contributed by atoms with Crippen molar-refractivity contribution in [1.82, 2.24) is 0 Å². The van der Waals surface area contributed by atoms with E-state index in [1.54, 1.807) is 0 Å². The molecule has 0 bridgehead atoms. The van der Waals surface area contributed by atoms with E-state index in [4.69, 9.17) is 0 Å². The molecule has 1 nitrogen and oxygen atoms in total. The molecule has 0 fully saturated rings. The number of hydrogen-bond acceptors (Lipinski definition) is 1. The van der Waals surface area contributed by atoms with Crippen LogP contribution in [-0.2, 0) is 0 Å². The Bertz CT molecular complexity index is 749. The van der Waals surface area contributed by atoms with E-state index in [0.29, 0.717) is 5.92 Å². The number of hydrogen-bond donors (Lipinski definition) is 0. The minimum Gasteiger partial charge on any atom is -0.360 e. The van der Waals surface area contributed by atoms with Crippen molar-refractivity contribution in [1.29, 1.82) is 0 Å². The van der Waals surface area contributed by atoms with E-state index < -0.39 is 0 Å². The third kappa shape index (κ3) is 2.64. The second-order valence-corrected chi connectivity index (χ2v) is 6.79. The fourth-order valence-corrected chi connectivity index (χ4v) is 4.59. The van der Waals surface area contributed by atoms with Crippen molar-refractivity contribution < 1.29 is 0 Å². The van der Waals surface area contributed by atoms with Gasteiger partial charge < -0.3 is 4.90 Å². The Balaban J connectivity index is 2.37. The molecule has 0 amide bonds. The molecule has 1 atom stereocenters. The molecule has 1 unspecified atom stereocenters. The Morgan fingerprint density at radius 2 is 1.56 bits per heavy atom. The van der Waals surface area contributed by atoms with E-state index in [1.165, 1.54) is 22.0 Å². The van der Waals surface area contributed by atoms with Gasteiger partial charge >= 0.3 is 0 Å². The Morgan fingerprint density at radius 1 is 0.880 bits per heavy atom. The summed E-state index contributed by atoms with van der Waals surface area (Å²) in [5.41, 5.74) is 2.61. The zero-order valence-electron chi connectivity index (χ0n) is 15.0. The van der Waals surface area contributed by atoms with Crippen molar-refractivity contribution in [2.45, 2.75) is 30.7 Å². The summed E-state index contributed by atoms with van der Waals surface area (Å²) in [6, 6.07) is 13.2. The van der Waals surface area contributed by atoms with E-state index in [1.807, 2.05) is 24.3 Å². The summed E-state index contributed by atoms with van der Waals surface area (Å²) >= 11 is 0. The largest absolute Gasteiger partial charge is 0.360 e. The van der Waals surface area contributed by atoms with Gasteiger partial charge in [0.1, 0.15) is 0 Å². The third-order valence-electron chi connectivity index (χ3n) is 5.48. The van der Waals surface area contributed by atoms with Crippen LogP contribution >= 0.6 is 0 Å². The first-order valence-corrected chi connectivity index (χ1v) is 8.96. The van der Waals surface area contributed by atoms with E-state index in [2.05, 4.69) is 67.6 Å². The fourth-order valence-electron chi connectivity index (χ4n) is 4.59. The monoisotopic (exact) mass is 329 g/mol. The smallest absolute Gasteiger partial charge is 0.0545 e. The molecule has 0 aromatic heterocycles. The lowest BCUT2D eigenvalue weighted by molar-refractivity contribution is 0.322. The molecule has 0 N–H and O–H groups in total. The molecule has 25 heavy (non-hydrogen) atoms. The first kappa shape index (κ1) is 17.3. The SMILES string of the molecule is C=CCC1c2cccc3cccc(c23)N(CC=C)C1(CC=C)CC=C. The number of allylic oxidation sites excluding steroid dienone is 1. The molecule has 1 heterocycles. The number of nitrogens with zero attached hydrogens (tertiary/aromatic N) is 1. The van der Waals surface area contributed by atoms with Gasteiger partial charge in [-0.25, -0.2) is 0 Å². The molecule has 1 aliphatic rings. The van der Waals surface area contributed by atoms with Gasteiger partial charge in [-0.3, -0.25) is 0 Å². The van der Waals surface area contributed by atoms with E-state index in [9.17, 15) is 0 Å². The number of benzene rings is 2. The van der Waals surface area contributed by atoms with Gasteiger partial charge in [0.2, 0.25) is 0 Å². The zero-order valence-corrected chi connectivity index (χ0v) is 15.0. The predicted octanol–water partition coefficient (Wildman–Crippen LogP) is 6.40. The van der Waals surface area contributed by atoms with Gasteiger partial charge in [-0.2, -0.15) is 0 Å². The molecular weight excluding hydrogens is 302 g/mol. The highest BCUT2D eigenvalue weighted by Gasteiger charge is 2.46. The molecule has 0 radical (unpaired) electrons. The van der Waals surface area contributed by atoms with E-state index in [-0.39, 0.29) is 5.54 Å². The summed E-state index contributed by atoms with van der Waals surface area (Å²) in [5.74, 6) is 0.347. The molecule has 0 saturated carbocycles. The summed E-state index contributed by atoms with van der Waals surface area (Å²) in [6.07, 6.45) is 10.9. The molecule has 0 spiro atoms. The fraction of sp³-hybridized carbons (Fsp3) is 0.250. The molecule has 2 aromatic rings. The quantitative estimate of drug-likeness (QED) is 0.507. The summed E-state index contributed by atoms with van der Waals surface area (Å²) in [7, 11) is 0. The Kier molecular flexibility index (Phi) is 4.94.